The third-order valence-corrected chi connectivity index (χ3v) is 2.36. The van der Waals surface area contributed by atoms with Gasteiger partial charge in [0.25, 0.3) is 0 Å². The zero-order valence-electron chi connectivity index (χ0n) is 5.90. The molecule has 60 valence electrons. The largest absolute Gasteiger partial charge is 0.234 e. The van der Waals surface area contributed by atoms with E-state index in [0.717, 1.165) is 0 Å². The molecule has 0 bridgehead atoms. The number of allylic oxidation sites excluding steroid dienone is 6. The van der Waals surface area contributed by atoms with Gasteiger partial charge in [-0.3, -0.25) is 0 Å². The Morgan fingerprint density at radius 2 is 2.00 bits per heavy atom. The Bertz CT molecular complexity index is 322. The van der Waals surface area contributed by atoms with Gasteiger partial charge in [0, 0.05) is 6.42 Å². The maximum absolute atomic E-state index is 10.8. The summed E-state index contributed by atoms with van der Waals surface area (Å²) in [6.07, 6.45) is 8.84. The van der Waals surface area contributed by atoms with Crippen molar-refractivity contribution in [2.45, 2.75) is 6.42 Å². The van der Waals surface area contributed by atoms with E-state index in [1.165, 1.54) is 6.08 Å². The van der Waals surface area contributed by atoms with E-state index in [1.54, 1.807) is 24.3 Å². The molecule has 3 nitrogen and oxygen atoms in total. The van der Waals surface area contributed by atoms with E-state index in [-0.39, 0.29) is 4.91 Å². The number of rotatable bonds is 1. The number of nitrogens with two attached hydrogens (primary N) is 1. The van der Waals surface area contributed by atoms with Gasteiger partial charge in [0.05, 0.1) is 4.91 Å². The van der Waals surface area contributed by atoms with E-state index in [1.807, 2.05) is 0 Å². The summed E-state index contributed by atoms with van der Waals surface area (Å²) in [5.41, 5.74) is 0. The van der Waals surface area contributed by atoms with Gasteiger partial charge in [-0.25, -0.2) is 13.6 Å². The van der Waals surface area contributed by atoms with E-state index < -0.39 is 10.0 Å². The van der Waals surface area contributed by atoms with Crippen LogP contribution >= 0.6 is 0 Å². The van der Waals surface area contributed by atoms with Crippen LogP contribution in [-0.2, 0) is 10.0 Å². The Kier molecular flexibility index (Phi) is 2.26. The van der Waals surface area contributed by atoms with Crippen LogP contribution in [0.25, 0.3) is 0 Å². The lowest BCUT2D eigenvalue weighted by molar-refractivity contribution is 0.603. The molecule has 1 aliphatic carbocycles. The highest BCUT2D eigenvalue weighted by Crippen LogP contribution is 2.10. The summed E-state index contributed by atoms with van der Waals surface area (Å²) in [5.74, 6) is 0. The maximum atomic E-state index is 10.8. The van der Waals surface area contributed by atoms with Crippen molar-refractivity contribution >= 4 is 10.0 Å². The minimum atomic E-state index is -3.49. The predicted molar refractivity (Wildman–Crippen MR) is 44.1 cm³/mol. The summed E-state index contributed by atoms with van der Waals surface area (Å²) in [6, 6.07) is 0. The molecule has 0 saturated heterocycles. The molecule has 1 rings (SSSR count). The summed E-state index contributed by atoms with van der Waals surface area (Å²) >= 11 is 0. The van der Waals surface area contributed by atoms with Gasteiger partial charge in [0.1, 0.15) is 0 Å². The average Bonchev–Trinajstić information content (AvgIpc) is 2.10. The Morgan fingerprint density at radius 3 is 2.64 bits per heavy atom. The third-order valence-electron chi connectivity index (χ3n) is 1.32. The van der Waals surface area contributed by atoms with Gasteiger partial charge in [0.15, 0.2) is 0 Å². The Balaban J connectivity index is 2.99. The molecule has 11 heavy (non-hydrogen) atoms. The lowest BCUT2D eigenvalue weighted by atomic mass is 10.4. The fourth-order valence-electron chi connectivity index (χ4n) is 0.769. The molecule has 0 fully saturated rings. The zero-order chi connectivity index (χ0) is 8.32. The molecule has 0 atom stereocenters. The highest BCUT2D eigenvalue weighted by Gasteiger charge is 2.09. The van der Waals surface area contributed by atoms with Gasteiger partial charge in [-0.2, -0.15) is 0 Å². The van der Waals surface area contributed by atoms with Crippen molar-refractivity contribution in [1.82, 2.24) is 0 Å². The highest BCUT2D eigenvalue weighted by molar-refractivity contribution is 7.93. The van der Waals surface area contributed by atoms with Crippen LogP contribution in [0.4, 0.5) is 0 Å². The highest BCUT2D eigenvalue weighted by atomic mass is 32.2. The molecule has 0 amide bonds. The van der Waals surface area contributed by atoms with Crippen molar-refractivity contribution in [1.29, 1.82) is 0 Å². The third kappa shape index (κ3) is 2.32. The zero-order valence-corrected chi connectivity index (χ0v) is 6.71. The van der Waals surface area contributed by atoms with Crippen LogP contribution in [0.3, 0.4) is 0 Å². The standard InChI is InChI=1S/C7H9NO2S/c8-11(9,10)7-5-3-1-2-4-6-7/h1-5H,6H2,(H2,8,9,10). The first-order valence-electron chi connectivity index (χ1n) is 3.16. The molecular formula is C7H9NO2S. The summed E-state index contributed by atoms with van der Waals surface area (Å²) in [7, 11) is -3.49. The van der Waals surface area contributed by atoms with E-state index >= 15 is 0 Å². The molecule has 0 unspecified atom stereocenters. The molecule has 0 aromatic heterocycles. The van der Waals surface area contributed by atoms with Crippen LogP contribution in [0.5, 0.6) is 0 Å². The van der Waals surface area contributed by atoms with Crippen molar-refractivity contribution in [3.63, 3.8) is 0 Å². The SMILES string of the molecule is NS(=O)(=O)C1=CC=CC=CC1. The number of hydrogen-bond donors (Lipinski definition) is 1. The van der Waals surface area contributed by atoms with Crippen molar-refractivity contribution in [2.24, 2.45) is 5.14 Å². The second kappa shape index (κ2) is 3.02. The van der Waals surface area contributed by atoms with Gasteiger partial charge in [-0.1, -0.05) is 24.3 Å². The van der Waals surface area contributed by atoms with E-state index in [2.05, 4.69) is 0 Å². The second-order valence-electron chi connectivity index (χ2n) is 2.20. The van der Waals surface area contributed by atoms with Crippen LogP contribution in [0, 0.1) is 0 Å². The quantitative estimate of drug-likeness (QED) is 0.630. The van der Waals surface area contributed by atoms with Crippen molar-refractivity contribution in [2.75, 3.05) is 0 Å². The van der Waals surface area contributed by atoms with Crippen LogP contribution in [0.1, 0.15) is 6.42 Å². The van der Waals surface area contributed by atoms with E-state index in [0.29, 0.717) is 6.42 Å². The number of hydrogen-bond acceptors (Lipinski definition) is 2. The molecule has 0 heterocycles. The summed E-state index contributed by atoms with van der Waals surface area (Å²) in [5, 5.41) is 4.92. The Hall–Kier alpha value is -0.870. The minimum Gasteiger partial charge on any atom is -0.225 e. The van der Waals surface area contributed by atoms with Gasteiger partial charge >= 0.3 is 0 Å². The molecule has 2 N–H and O–H groups in total. The smallest absolute Gasteiger partial charge is 0.225 e. The molecular weight excluding hydrogens is 162 g/mol. The molecule has 0 aromatic rings. The van der Waals surface area contributed by atoms with Crippen molar-refractivity contribution < 1.29 is 8.42 Å². The van der Waals surface area contributed by atoms with Crippen LogP contribution in [0.15, 0.2) is 35.3 Å². The lowest BCUT2D eigenvalue weighted by Crippen LogP contribution is -2.13. The molecule has 4 heteroatoms. The first-order chi connectivity index (χ1) is 5.11. The molecule has 0 aromatic carbocycles. The Labute approximate surface area is 66.0 Å². The fraction of sp³-hybridized carbons (Fsp3) is 0.143. The van der Waals surface area contributed by atoms with Gasteiger partial charge in [-0.15, -0.1) is 0 Å². The van der Waals surface area contributed by atoms with Crippen LogP contribution in [-0.4, -0.2) is 8.42 Å². The Morgan fingerprint density at radius 1 is 1.27 bits per heavy atom. The second-order valence-corrected chi connectivity index (χ2v) is 3.81. The maximum Gasteiger partial charge on any atom is 0.234 e. The van der Waals surface area contributed by atoms with E-state index in [4.69, 9.17) is 5.14 Å². The van der Waals surface area contributed by atoms with Gasteiger partial charge < -0.3 is 0 Å². The predicted octanol–water partition coefficient (Wildman–Crippen LogP) is 0.675. The normalized spacial score (nSPS) is 17.7. The first-order valence-corrected chi connectivity index (χ1v) is 4.70. The number of sulfonamides is 1. The molecule has 0 aliphatic heterocycles. The summed E-state index contributed by atoms with van der Waals surface area (Å²) < 4.78 is 21.6. The van der Waals surface area contributed by atoms with E-state index in [9.17, 15) is 8.42 Å². The average molecular weight is 171 g/mol. The van der Waals surface area contributed by atoms with Crippen LogP contribution in [0.2, 0.25) is 0 Å². The van der Waals surface area contributed by atoms with Crippen molar-refractivity contribution in [3.05, 3.63) is 35.3 Å². The van der Waals surface area contributed by atoms with Gasteiger partial charge in [-0.05, 0) is 6.08 Å². The minimum absolute atomic E-state index is 0.252. The first kappa shape index (κ1) is 8.23. The molecule has 0 radical (unpaired) electrons. The lowest BCUT2D eigenvalue weighted by Gasteiger charge is -1.97. The molecule has 1 aliphatic rings. The fourth-order valence-corrected chi connectivity index (χ4v) is 1.37. The molecule has 0 spiro atoms. The topological polar surface area (TPSA) is 60.2 Å². The van der Waals surface area contributed by atoms with Crippen molar-refractivity contribution in [3.8, 4) is 0 Å². The monoisotopic (exact) mass is 171 g/mol. The number of primary sulfonamides is 1. The van der Waals surface area contributed by atoms with Gasteiger partial charge in [0.2, 0.25) is 10.0 Å². The summed E-state index contributed by atoms with van der Waals surface area (Å²) in [6.45, 7) is 0. The molecule has 0 saturated carbocycles. The summed E-state index contributed by atoms with van der Waals surface area (Å²) in [4.78, 5) is 0.252. The van der Waals surface area contributed by atoms with Crippen LogP contribution < -0.4 is 5.14 Å².